The lowest BCUT2D eigenvalue weighted by atomic mass is 9.97. The van der Waals surface area contributed by atoms with Crippen molar-refractivity contribution in [3.8, 4) is 16.9 Å². The molecule has 226 valence electrons. The van der Waals surface area contributed by atoms with Crippen molar-refractivity contribution in [2.24, 2.45) is 5.73 Å². The highest BCUT2D eigenvalue weighted by molar-refractivity contribution is 7.97. The summed E-state index contributed by atoms with van der Waals surface area (Å²) in [6.45, 7) is 3.27. The normalized spacial score (nSPS) is 14.9. The van der Waals surface area contributed by atoms with E-state index in [2.05, 4.69) is 10.8 Å². The number of fused-ring (bicyclic) bond motifs is 1. The minimum atomic E-state index is -3.16. The number of nitrogens with zero attached hydrogens (tertiary/aromatic N) is 1. The van der Waals surface area contributed by atoms with Crippen LogP contribution in [0, 0.1) is 6.92 Å². The number of alkyl halides is 2. The quantitative estimate of drug-likeness (QED) is 0.150. The smallest absolute Gasteiger partial charge is 0.292 e. The van der Waals surface area contributed by atoms with Gasteiger partial charge in [0, 0.05) is 24.1 Å². The van der Waals surface area contributed by atoms with E-state index in [1.807, 2.05) is 73.5 Å². The molecule has 0 radical (unpaired) electrons. The van der Waals surface area contributed by atoms with Crippen molar-refractivity contribution >= 4 is 22.7 Å². The Balaban J connectivity index is 1.32. The van der Waals surface area contributed by atoms with Crippen LogP contribution in [0.3, 0.4) is 0 Å². The Morgan fingerprint density at radius 1 is 0.953 bits per heavy atom. The van der Waals surface area contributed by atoms with Crippen LogP contribution in [-0.4, -0.2) is 37.2 Å². The van der Waals surface area contributed by atoms with Crippen LogP contribution in [0.5, 0.6) is 5.75 Å². The molecule has 43 heavy (non-hydrogen) atoms. The highest BCUT2D eigenvalue weighted by Crippen LogP contribution is 2.36. The zero-order valence-corrected chi connectivity index (χ0v) is 25.8. The number of aryl methyl sites for hydroxylation is 1. The Morgan fingerprint density at radius 3 is 2.30 bits per heavy atom. The SMILES string of the molecule is Cc1ccc(-c2ccc(C(F)(F)C(/C=C/N(C)CCCN)NSc3ccc4cc(OC5CCCC5)ccc4c3)cc2)cc1. The lowest BCUT2D eigenvalue weighted by Gasteiger charge is -2.26. The van der Waals surface area contributed by atoms with Gasteiger partial charge in [0.05, 0.1) is 6.10 Å². The van der Waals surface area contributed by atoms with E-state index in [9.17, 15) is 0 Å². The molecule has 4 aromatic carbocycles. The molecule has 7 heteroatoms. The van der Waals surface area contributed by atoms with Gasteiger partial charge in [-0.05, 0) is 116 Å². The Bertz CT molecular complexity index is 1500. The summed E-state index contributed by atoms with van der Waals surface area (Å²) in [4.78, 5) is 2.75. The molecule has 1 aliphatic rings. The molecule has 0 amide bonds. The van der Waals surface area contributed by atoms with Crippen molar-refractivity contribution in [3.05, 3.63) is 108 Å². The van der Waals surface area contributed by atoms with E-state index in [1.165, 1.54) is 36.9 Å². The Labute approximate surface area is 258 Å². The van der Waals surface area contributed by atoms with E-state index >= 15 is 8.78 Å². The van der Waals surface area contributed by atoms with Crippen molar-refractivity contribution in [2.75, 3.05) is 20.1 Å². The summed E-state index contributed by atoms with van der Waals surface area (Å²) in [6.07, 6.45) is 9.03. The molecule has 0 aromatic heterocycles. The summed E-state index contributed by atoms with van der Waals surface area (Å²) < 4.78 is 41.4. The van der Waals surface area contributed by atoms with Crippen LogP contribution in [-0.2, 0) is 5.92 Å². The average Bonchev–Trinajstić information content (AvgIpc) is 3.53. The van der Waals surface area contributed by atoms with Crippen LogP contribution in [0.2, 0.25) is 0 Å². The van der Waals surface area contributed by atoms with Gasteiger partial charge in [-0.3, -0.25) is 0 Å². The van der Waals surface area contributed by atoms with Gasteiger partial charge >= 0.3 is 0 Å². The zero-order chi connectivity index (χ0) is 30.2. The number of hydrogen-bond acceptors (Lipinski definition) is 5. The number of ether oxygens (including phenoxy) is 1. The minimum Gasteiger partial charge on any atom is -0.490 e. The molecule has 3 N–H and O–H groups in total. The Kier molecular flexibility index (Phi) is 10.4. The maximum Gasteiger partial charge on any atom is 0.292 e. The first-order chi connectivity index (χ1) is 20.8. The largest absolute Gasteiger partial charge is 0.490 e. The van der Waals surface area contributed by atoms with Gasteiger partial charge in [-0.1, -0.05) is 66.2 Å². The molecule has 0 saturated heterocycles. The van der Waals surface area contributed by atoms with Gasteiger partial charge in [0.2, 0.25) is 0 Å². The standard InChI is InChI=1S/C36H41F2N3OS/c1-26-8-10-27(11-9-26)28-12-16-31(17-13-28)36(37,38)35(20-23-41(2)22-5-21-39)40-43-34-19-15-29-24-33(18-14-30(29)25-34)42-32-6-3-4-7-32/h8-20,23-25,32,35,40H,3-7,21-22,39H2,1-2H3/b23-20+. The van der Waals surface area contributed by atoms with Gasteiger partial charge in [-0.25, -0.2) is 4.72 Å². The van der Waals surface area contributed by atoms with Crippen molar-refractivity contribution < 1.29 is 13.5 Å². The third-order valence-electron chi connectivity index (χ3n) is 7.99. The highest BCUT2D eigenvalue weighted by Gasteiger charge is 2.40. The third kappa shape index (κ3) is 8.17. The number of nitrogens with two attached hydrogens (primary N) is 1. The first kappa shape index (κ1) is 31.0. The summed E-state index contributed by atoms with van der Waals surface area (Å²) in [5, 5.41) is 2.11. The summed E-state index contributed by atoms with van der Waals surface area (Å²) >= 11 is 1.22. The van der Waals surface area contributed by atoms with Crippen LogP contribution in [0.1, 0.15) is 43.2 Å². The Hall–Kier alpha value is -3.39. The van der Waals surface area contributed by atoms with Gasteiger partial charge in [0.15, 0.2) is 0 Å². The molecular formula is C36H41F2N3OS. The predicted molar refractivity (Wildman–Crippen MR) is 176 cm³/mol. The molecule has 1 atom stereocenters. The number of nitrogens with one attached hydrogen (secondary N) is 1. The third-order valence-corrected chi connectivity index (χ3v) is 8.85. The van der Waals surface area contributed by atoms with Crippen molar-refractivity contribution in [1.82, 2.24) is 9.62 Å². The highest BCUT2D eigenvalue weighted by atomic mass is 32.2. The summed E-state index contributed by atoms with van der Waals surface area (Å²) in [7, 11) is 1.87. The summed E-state index contributed by atoms with van der Waals surface area (Å²) in [5.41, 5.74) is 8.67. The van der Waals surface area contributed by atoms with E-state index < -0.39 is 12.0 Å². The van der Waals surface area contributed by atoms with Crippen LogP contribution in [0.4, 0.5) is 8.78 Å². The fourth-order valence-electron chi connectivity index (χ4n) is 5.36. The monoisotopic (exact) mass is 601 g/mol. The van der Waals surface area contributed by atoms with E-state index in [-0.39, 0.29) is 5.56 Å². The maximum atomic E-state index is 16.1. The van der Waals surface area contributed by atoms with E-state index in [0.29, 0.717) is 19.2 Å². The number of hydrogen-bond donors (Lipinski definition) is 2. The van der Waals surface area contributed by atoms with Gasteiger partial charge in [0.25, 0.3) is 5.92 Å². The molecule has 1 aliphatic carbocycles. The maximum absolute atomic E-state index is 16.1. The van der Waals surface area contributed by atoms with Gasteiger partial charge in [-0.15, -0.1) is 0 Å². The van der Waals surface area contributed by atoms with E-state index in [1.54, 1.807) is 24.4 Å². The molecule has 0 aliphatic heterocycles. The summed E-state index contributed by atoms with van der Waals surface area (Å²) in [5.74, 6) is -2.28. The molecule has 0 bridgehead atoms. The van der Waals surface area contributed by atoms with Crippen LogP contribution in [0.15, 0.2) is 102 Å². The number of benzene rings is 4. The molecule has 1 saturated carbocycles. The first-order valence-electron chi connectivity index (χ1n) is 15.1. The molecular weight excluding hydrogens is 560 g/mol. The van der Waals surface area contributed by atoms with Gasteiger partial charge < -0.3 is 15.4 Å². The number of rotatable bonds is 13. The van der Waals surface area contributed by atoms with Crippen LogP contribution >= 0.6 is 11.9 Å². The topological polar surface area (TPSA) is 50.5 Å². The lowest BCUT2D eigenvalue weighted by molar-refractivity contribution is -0.0213. The van der Waals surface area contributed by atoms with Crippen molar-refractivity contribution in [2.45, 2.75) is 62.0 Å². The number of halogens is 2. The minimum absolute atomic E-state index is 0.0379. The molecule has 4 nitrogen and oxygen atoms in total. The molecule has 0 spiro atoms. The Morgan fingerprint density at radius 2 is 1.60 bits per heavy atom. The fourth-order valence-corrected chi connectivity index (χ4v) is 6.17. The second-order valence-corrected chi connectivity index (χ2v) is 12.3. The molecule has 4 aromatic rings. The second-order valence-electron chi connectivity index (χ2n) is 11.4. The van der Waals surface area contributed by atoms with Crippen molar-refractivity contribution in [3.63, 3.8) is 0 Å². The molecule has 5 rings (SSSR count). The molecule has 0 heterocycles. The average molecular weight is 602 g/mol. The predicted octanol–water partition coefficient (Wildman–Crippen LogP) is 8.69. The van der Waals surface area contributed by atoms with Gasteiger partial charge in [-0.2, -0.15) is 8.78 Å². The zero-order valence-electron chi connectivity index (χ0n) is 24.9. The first-order valence-corrected chi connectivity index (χ1v) is 15.9. The fraction of sp³-hybridized carbons (Fsp3) is 0.333. The molecule has 1 unspecified atom stereocenters. The van der Waals surface area contributed by atoms with Gasteiger partial charge in [0.1, 0.15) is 11.8 Å². The van der Waals surface area contributed by atoms with Crippen LogP contribution in [0.25, 0.3) is 21.9 Å². The van der Waals surface area contributed by atoms with E-state index in [0.717, 1.165) is 57.4 Å². The summed E-state index contributed by atoms with van der Waals surface area (Å²) in [6, 6.07) is 25.5. The molecule has 1 fully saturated rings. The lowest BCUT2D eigenvalue weighted by Crippen LogP contribution is -2.38. The second kappa shape index (κ2) is 14.4. The van der Waals surface area contributed by atoms with E-state index in [4.69, 9.17) is 10.5 Å². The van der Waals surface area contributed by atoms with Crippen molar-refractivity contribution in [1.29, 1.82) is 0 Å². The van der Waals surface area contributed by atoms with Crippen LogP contribution < -0.4 is 15.2 Å².